The Morgan fingerprint density at radius 3 is 2.52 bits per heavy atom. The van der Waals surface area contributed by atoms with Gasteiger partial charge in [-0.05, 0) is 45.4 Å². The Labute approximate surface area is 145 Å². The molecule has 1 aromatic heterocycles. The number of methoxy groups -OCH3 is 1. The van der Waals surface area contributed by atoms with Crippen molar-refractivity contribution in [1.29, 1.82) is 0 Å². The third-order valence-corrected chi connectivity index (χ3v) is 3.62. The largest absolute Gasteiger partial charge is 0.494 e. The number of halogens is 1. The number of H-pyrrole nitrogens is 1. The highest BCUT2D eigenvalue weighted by Crippen LogP contribution is 2.26. The number of aryl methyl sites for hydroxylation is 1. The van der Waals surface area contributed by atoms with E-state index in [1.54, 1.807) is 27.7 Å². The molecule has 0 saturated heterocycles. The van der Waals surface area contributed by atoms with Crippen molar-refractivity contribution in [2.75, 3.05) is 12.4 Å². The number of carbonyl (C=O) groups excluding carboxylic acids is 2. The number of benzene rings is 1. The summed E-state index contributed by atoms with van der Waals surface area (Å²) >= 11 is 0. The quantitative estimate of drug-likeness (QED) is 0.809. The minimum absolute atomic E-state index is 0.203. The molecule has 7 heteroatoms. The summed E-state index contributed by atoms with van der Waals surface area (Å²) < 4.78 is 23.5. The average Bonchev–Trinajstić information content (AvgIpc) is 2.83. The summed E-state index contributed by atoms with van der Waals surface area (Å²) in [4.78, 5) is 27.7. The van der Waals surface area contributed by atoms with Crippen LogP contribution in [0.15, 0.2) is 18.2 Å². The number of aromatic nitrogens is 1. The SMILES string of the molecule is COc1cc(F)ccc1NC(=O)c1[nH]c(C)c(C(=O)OC(C)C)c1C. The molecule has 2 aromatic rings. The Hall–Kier alpha value is -2.83. The lowest BCUT2D eigenvalue weighted by atomic mass is 10.1. The average molecular weight is 348 g/mol. The molecule has 1 aromatic carbocycles. The number of hydrogen-bond acceptors (Lipinski definition) is 4. The summed E-state index contributed by atoms with van der Waals surface area (Å²) in [7, 11) is 1.38. The van der Waals surface area contributed by atoms with Gasteiger partial charge in [0.15, 0.2) is 0 Å². The van der Waals surface area contributed by atoms with Crippen molar-refractivity contribution < 1.29 is 23.5 Å². The number of carbonyl (C=O) groups is 2. The maximum atomic E-state index is 13.3. The second kappa shape index (κ2) is 7.38. The zero-order chi connectivity index (χ0) is 18.7. The molecule has 2 rings (SSSR count). The maximum Gasteiger partial charge on any atom is 0.340 e. The van der Waals surface area contributed by atoms with Crippen molar-refractivity contribution in [3.05, 3.63) is 46.5 Å². The summed E-state index contributed by atoms with van der Waals surface area (Å²) in [6.07, 6.45) is -0.262. The zero-order valence-electron chi connectivity index (χ0n) is 14.8. The van der Waals surface area contributed by atoms with Crippen LogP contribution >= 0.6 is 0 Å². The Bertz CT molecular complexity index is 812. The van der Waals surface area contributed by atoms with E-state index in [9.17, 15) is 14.0 Å². The van der Waals surface area contributed by atoms with Crippen LogP contribution in [0.3, 0.4) is 0 Å². The van der Waals surface area contributed by atoms with Gasteiger partial charge in [0, 0.05) is 11.8 Å². The van der Waals surface area contributed by atoms with E-state index in [4.69, 9.17) is 9.47 Å². The minimum atomic E-state index is -0.486. The molecule has 0 saturated carbocycles. The number of hydrogen-bond donors (Lipinski definition) is 2. The highest BCUT2D eigenvalue weighted by atomic mass is 19.1. The van der Waals surface area contributed by atoms with Gasteiger partial charge >= 0.3 is 5.97 Å². The van der Waals surface area contributed by atoms with Crippen LogP contribution in [0, 0.1) is 19.7 Å². The normalized spacial score (nSPS) is 10.7. The van der Waals surface area contributed by atoms with Gasteiger partial charge in [0.2, 0.25) is 0 Å². The van der Waals surface area contributed by atoms with Gasteiger partial charge in [-0.15, -0.1) is 0 Å². The molecule has 0 bridgehead atoms. The predicted molar refractivity (Wildman–Crippen MR) is 91.7 cm³/mol. The monoisotopic (exact) mass is 348 g/mol. The molecular weight excluding hydrogens is 327 g/mol. The summed E-state index contributed by atoms with van der Waals surface area (Å²) in [5.74, 6) is -1.22. The molecule has 0 unspecified atom stereocenters. The first-order chi connectivity index (χ1) is 11.7. The van der Waals surface area contributed by atoms with E-state index in [1.165, 1.54) is 25.3 Å². The first kappa shape index (κ1) is 18.5. The second-order valence-electron chi connectivity index (χ2n) is 5.88. The van der Waals surface area contributed by atoms with Crippen LogP contribution in [-0.4, -0.2) is 30.1 Å². The smallest absolute Gasteiger partial charge is 0.340 e. The summed E-state index contributed by atoms with van der Waals surface area (Å²) in [5, 5.41) is 2.65. The van der Waals surface area contributed by atoms with Crippen molar-refractivity contribution in [3.8, 4) is 5.75 Å². The van der Waals surface area contributed by atoms with Gasteiger partial charge < -0.3 is 19.8 Å². The molecule has 0 aliphatic heterocycles. The summed E-state index contributed by atoms with van der Waals surface area (Å²) in [6.45, 7) is 6.86. The van der Waals surface area contributed by atoms with Crippen molar-refractivity contribution in [3.63, 3.8) is 0 Å². The number of rotatable bonds is 5. The number of aromatic amines is 1. The second-order valence-corrected chi connectivity index (χ2v) is 5.88. The molecule has 0 aliphatic carbocycles. The fourth-order valence-electron chi connectivity index (χ4n) is 2.51. The first-order valence-corrected chi connectivity index (χ1v) is 7.79. The standard InChI is InChI=1S/C18H21FN2O4/c1-9(2)25-18(23)15-10(3)16(20-11(15)4)17(22)21-13-7-6-12(19)8-14(13)24-5/h6-9,20H,1-5H3,(H,21,22). The molecule has 0 fully saturated rings. The van der Waals surface area contributed by atoms with E-state index >= 15 is 0 Å². The molecular formula is C18H21FN2O4. The number of amides is 1. The number of nitrogens with one attached hydrogen (secondary N) is 2. The summed E-state index contributed by atoms with van der Waals surface area (Å²) in [6, 6.07) is 3.80. The molecule has 2 N–H and O–H groups in total. The number of esters is 1. The number of anilines is 1. The van der Waals surface area contributed by atoms with Crippen molar-refractivity contribution in [2.24, 2.45) is 0 Å². The minimum Gasteiger partial charge on any atom is -0.494 e. The molecule has 6 nitrogen and oxygen atoms in total. The lowest BCUT2D eigenvalue weighted by molar-refractivity contribution is 0.0376. The third-order valence-electron chi connectivity index (χ3n) is 3.62. The predicted octanol–water partition coefficient (Wildman–Crippen LogP) is 3.60. The fraction of sp³-hybridized carbons (Fsp3) is 0.333. The van der Waals surface area contributed by atoms with Crippen LogP contribution in [0.1, 0.15) is 46.0 Å². The van der Waals surface area contributed by atoms with Crippen LogP contribution < -0.4 is 10.1 Å². The van der Waals surface area contributed by atoms with Gasteiger partial charge in [-0.25, -0.2) is 9.18 Å². The van der Waals surface area contributed by atoms with E-state index in [-0.39, 0.29) is 17.5 Å². The lowest BCUT2D eigenvalue weighted by Crippen LogP contribution is -2.15. The van der Waals surface area contributed by atoms with E-state index in [2.05, 4.69) is 10.3 Å². The Morgan fingerprint density at radius 1 is 1.24 bits per heavy atom. The van der Waals surface area contributed by atoms with E-state index in [0.717, 1.165) is 0 Å². The molecule has 0 spiro atoms. The lowest BCUT2D eigenvalue weighted by Gasteiger charge is -2.10. The highest BCUT2D eigenvalue weighted by Gasteiger charge is 2.24. The van der Waals surface area contributed by atoms with Crippen LogP contribution in [0.5, 0.6) is 5.75 Å². The third kappa shape index (κ3) is 3.99. The Balaban J connectivity index is 2.31. The van der Waals surface area contributed by atoms with E-state index in [0.29, 0.717) is 22.5 Å². The Morgan fingerprint density at radius 2 is 1.92 bits per heavy atom. The van der Waals surface area contributed by atoms with Crippen molar-refractivity contribution in [2.45, 2.75) is 33.8 Å². The van der Waals surface area contributed by atoms with Crippen LogP contribution in [-0.2, 0) is 4.74 Å². The van der Waals surface area contributed by atoms with Gasteiger partial charge in [-0.2, -0.15) is 0 Å². The van der Waals surface area contributed by atoms with E-state index < -0.39 is 17.7 Å². The summed E-state index contributed by atoms with van der Waals surface area (Å²) in [5.41, 5.74) is 1.93. The van der Waals surface area contributed by atoms with Crippen LogP contribution in [0.2, 0.25) is 0 Å². The van der Waals surface area contributed by atoms with Crippen molar-refractivity contribution in [1.82, 2.24) is 4.98 Å². The van der Waals surface area contributed by atoms with Gasteiger partial charge in [-0.3, -0.25) is 4.79 Å². The van der Waals surface area contributed by atoms with Gasteiger partial charge in [0.1, 0.15) is 17.3 Å². The molecule has 1 heterocycles. The van der Waals surface area contributed by atoms with Gasteiger partial charge in [0.25, 0.3) is 5.91 Å². The maximum absolute atomic E-state index is 13.3. The molecule has 25 heavy (non-hydrogen) atoms. The highest BCUT2D eigenvalue weighted by molar-refractivity contribution is 6.07. The molecule has 134 valence electrons. The van der Waals surface area contributed by atoms with Crippen molar-refractivity contribution >= 4 is 17.6 Å². The first-order valence-electron chi connectivity index (χ1n) is 7.79. The van der Waals surface area contributed by atoms with Crippen LogP contribution in [0.25, 0.3) is 0 Å². The topological polar surface area (TPSA) is 80.4 Å². The molecule has 0 radical (unpaired) electrons. The zero-order valence-corrected chi connectivity index (χ0v) is 14.8. The molecule has 1 amide bonds. The number of ether oxygens (including phenoxy) is 2. The van der Waals surface area contributed by atoms with Gasteiger partial charge in [0.05, 0.1) is 24.5 Å². The van der Waals surface area contributed by atoms with Crippen LogP contribution in [0.4, 0.5) is 10.1 Å². The van der Waals surface area contributed by atoms with E-state index in [1.807, 2.05) is 0 Å². The Kier molecular flexibility index (Phi) is 5.46. The fourth-order valence-corrected chi connectivity index (χ4v) is 2.51. The van der Waals surface area contributed by atoms with Gasteiger partial charge in [-0.1, -0.05) is 0 Å². The molecule has 0 aliphatic rings. The molecule has 0 atom stereocenters.